The molecule has 0 spiro atoms. The first-order valence-electron chi connectivity index (χ1n) is 10.4. The predicted molar refractivity (Wildman–Crippen MR) is 118 cm³/mol. The molecule has 31 heavy (non-hydrogen) atoms. The molecule has 0 N–H and O–H groups in total. The van der Waals surface area contributed by atoms with E-state index >= 15 is 0 Å². The first-order chi connectivity index (χ1) is 15.1. The fourth-order valence-corrected chi connectivity index (χ4v) is 3.93. The minimum atomic E-state index is -0.718. The molecule has 1 aliphatic rings. The number of methoxy groups -OCH3 is 1. The second-order valence-electron chi connectivity index (χ2n) is 7.69. The Labute approximate surface area is 187 Å². The van der Waals surface area contributed by atoms with Crippen LogP contribution in [0.5, 0.6) is 5.75 Å². The molecule has 2 heterocycles. The zero-order valence-electron chi connectivity index (χ0n) is 17.6. The SMILES string of the molecule is COc1ccc(CCC2(Cn3ccnc3)OCC(COCc3cccc(Cl)c3)O2)cc1. The lowest BCUT2D eigenvalue weighted by atomic mass is 10.0. The van der Waals surface area contributed by atoms with Gasteiger partial charge in [0, 0.05) is 23.8 Å². The normalized spacial score (nSPS) is 20.8. The van der Waals surface area contributed by atoms with Gasteiger partial charge in [-0.3, -0.25) is 0 Å². The van der Waals surface area contributed by atoms with Crippen molar-refractivity contribution in [2.24, 2.45) is 0 Å². The minimum Gasteiger partial charge on any atom is -0.497 e. The Balaban J connectivity index is 1.35. The van der Waals surface area contributed by atoms with Gasteiger partial charge in [0.25, 0.3) is 0 Å². The fourth-order valence-electron chi connectivity index (χ4n) is 3.71. The molecule has 0 aliphatic carbocycles. The van der Waals surface area contributed by atoms with Gasteiger partial charge in [0.05, 0.1) is 39.8 Å². The molecule has 3 aromatic rings. The van der Waals surface area contributed by atoms with Crippen molar-refractivity contribution in [1.82, 2.24) is 9.55 Å². The van der Waals surface area contributed by atoms with Gasteiger partial charge in [-0.25, -0.2) is 4.98 Å². The molecule has 1 fully saturated rings. The van der Waals surface area contributed by atoms with Gasteiger partial charge in [0.1, 0.15) is 11.9 Å². The van der Waals surface area contributed by atoms with Crippen LogP contribution in [-0.2, 0) is 33.8 Å². The first kappa shape index (κ1) is 21.8. The van der Waals surface area contributed by atoms with E-state index in [4.69, 9.17) is 30.5 Å². The number of hydrogen-bond donors (Lipinski definition) is 0. The van der Waals surface area contributed by atoms with E-state index in [1.54, 1.807) is 19.6 Å². The number of imidazole rings is 1. The highest BCUT2D eigenvalue weighted by atomic mass is 35.5. The molecule has 4 rings (SSSR count). The van der Waals surface area contributed by atoms with E-state index in [1.165, 1.54) is 5.56 Å². The lowest BCUT2D eigenvalue weighted by Gasteiger charge is -2.28. The maximum atomic E-state index is 6.40. The van der Waals surface area contributed by atoms with Crippen molar-refractivity contribution in [3.8, 4) is 5.75 Å². The molecule has 1 aromatic heterocycles. The highest BCUT2D eigenvalue weighted by molar-refractivity contribution is 6.30. The van der Waals surface area contributed by atoms with Crippen LogP contribution in [0.4, 0.5) is 0 Å². The molecular formula is C24H27ClN2O4. The molecule has 0 radical (unpaired) electrons. The van der Waals surface area contributed by atoms with Gasteiger partial charge in [-0.1, -0.05) is 35.9 Å². The van der Waals surface area contributed by atoms with Crippen molar-refractivity contribution in [2.75, 3.05) is 20.3 Å². The van der Waals surface area contributed by atoms with Crippen LogP contribution in [0.3, 0.4) is 0 Å². The second kappa shape index (κ2) is 10.3. The Kier molecular flexibility index (Phi) is 7.25. The Morgan fingerprint density at radius 2 is 2.06 bits per heavy atom. The number of nitrogens with zero attached hydrogens (tertiary/aromatic N) is 2. The van der Waals surface area contributed by atoms with Crippen molar-refractivity contribution in [1.29, 1.82) is 0 Å². The lowest BCUT2D eigenvalue weighted by Crippen LogP contribution is -2.37. The van der Waals surface area contributed by atoms with Gasteiger partial charge in [0.15, 0.2) is 5.79 Å². The van der Waals surface area contributed by atoms with Gasteiger partial charge in [0.2, 0.25) is 0 Å². The van der Waals surface area contributed by atoms with Gasteiger partial charge in [-0.15, -0.1) is 0 Å². The molecule has 2 atom stereocenters. The summed E-state index contributed by atoms with van der Waals surface area (Å²) in [4.78, 5) is 4.14. The first-order valence-corrected chi connectivity index (χ1v) is 10.7. The molecule has 2 unspecified atom stereocenters. The average molecular weight is 443 g/mol. The third kappa shape index (κ3) is 6.08. The van der Waals surface area contributed by atoms with Crippen molar-refractivity contribution in [2.45, 2.75) is 37.9 Å². The maximum Gasteiger partial charge on any atom is 0.187 e. The van der Waals surface area contributed by atoms with Crippen molar-refractivity contribution in [3.63, 3.8) is 0 Å². The summed E-state index contributed by atoms with van der Waals surface area (Å²) in [5.74, 6) is 0.132. The number of ether oxygens (including phenoxy) is 4. The van der Waals surface area contributed by atoms with Crippen molar-refractivity contribution in [3.05, 3.63) is 83.4 Å². The lowest BCUT2D eigenvalue weighted by molar-refractivity contribution is -0.187. The summed E-state index contributed by atoms with van der Waals surface area (Å²) in [5, 5.41) is 0.708. The molecule has 164 valence electrons. The van der Waals surface area contributed by atoms with Gasteiger partial charge in [-0.2, -0.15) is 0 Å². The van der Waals surface area contributed by atoms with Crippen LogP contribution in [0.2, 0.25) is 5.02 Å². The summed E-state index contributed by atoms with van der Waals surface area (Å²) in [5.41, 5.74) is 2.24. The summed E-state index contributed by atoms with van der Waals surface area (Å²) >= 11 is 6.04. The fraction of sp³-hybridized carbons (Fsp3) is 0.375. The minimum absolute atomic E-state index is 0.126. The van der Waals surface area contributed by atoms with Gasteiger partial charge >= 0.3 is 0 Å². The van der Waals surface area contributed by atoms with E-state index < -0.39 is 5.79 Å². The zero-order valence-corrected chi connectivity index (χ0v) is 18.3. The van der Waals surface area contributed by atoms with E-state index in [0.717, 1.165) is 24.2 Å². The van der Waals surface area contributed by atoms with E-state index in [9.17, 15) is 0 Å². The Bertz CT molecular complexity index is 948. The van der Waals surface area contributed by atoms with E-state index in [-0.39, 0.29) is 6.10 Å². The van der Waals surface area contributed by atoms with Gasteiger partial charge < -0.3 is 23.5 Å². The van der Waals surface area contributed by atoms with Crippen molar-refractivity contribution >= 4 is 11.6 Å². The van der Waals surface area contributed by atoms with Crippen LogP contribution in [0.15, 0.2) is 67.3 Å². The number of aryl methyl sites for hydroxylation is 1. The van der Waals surface area contributed by atoms with E-state index in [0.29, 0.717) is 31.4 Å². The molecule has 6 nitrogen and oxygen atoms in total. The standard InChI is InChI=1S/C24H27ClN2O4/c1-28-22-7-5-19(6-8-22)9-10-24(17-27-12-11-26-18-27)30-16-23(31-24)15-29-14-20-3-2-4-21(25)13-20/h2-8,11-13,18,23H,9-10,14-17H2,1H3. The quantitative estimate of drug-likeness (QED) is 0.462. The number of hydrogen-bond acceptors (Lipinski definition) is 5. The second-order valence-corrected chi connectivity index (χ2v) is 8.13. The Morgan fingerprint density at radius 1 is 1.19 bits per heavy atom. The maximum absolute atomic E-state index is 6.40. The molecule has 1 aliphatic heterocycles. The average Bonchev–Trinajstić information content (AvgIpc) is 3.43. The largest absolute Gasteiger partial charge is 0.497 e. The zero-order chi connectivity index (χ0) is 21.5. The van der Waals surface area contributed by atoms with Crippen LogP contribution in [0.1, 0.15) is 17.5 Å². The molecule has 0 amide bonds. The van der Waals surface area contributed by atoms with E-state index in [1.807, 2.05) is 47.2 Å². The molecule has 1 saturated heterocycles. The van der Waals surface area contributed by atoms with Crippen LogP contribution < -0.4 is 4.74 Å². The smallest absolute Gasteiger partial charge is 0.187 e. The summed E-state index contributed by atoms with van der Waals surface area (Å²) in [6.07, 6.45) is 6.89. The van der Waals surface area contributed by atoms with Gasteiger partial charge in [-0.05, 0) is 41.8 Å². The van der Waals surface area contributed by atoms with Crippen LogP contribution in [0, 0.1) is 0 Å². The van der Waals surface area contributed by atoms with Crippen LogP contribution in [-0.4, -0.2) is 41.8 Å². The molecular weight excluding hydrogens is 416 g/mol. The number of halogens is 1. The molecule has 2 aromatic carbocycles. The summed E-state index contributed by atoms with van der Waals surface area (Å²) in [6, 6.07) is 15.8. The Morgan fingerprint density at radius 3 is 2.81 bits per heavy atom. The summed E-state index contributed by atoms with van der Waals surface area (Å²) in [6.45, 7) is 2.02. The number of benzene rings is 2. The monoisotopic (exact) mass is 442 g/mol. The topological polar surface area (TPSA) is 54.7 Å². The third-order valence-corrected chi connectivity index (χ3v) is 5.55. The molecule has 0 saturated carbocycles. The highest BCUT2D eigenvalue weighted by Gasteiger charge is 2.41. The van der Waals surface area contributed by atoms with Crippen molar-refractivity contribution < 1.29 is 18.9 Å². The van der Waals surface area contributed by atoms with Crippen LogP contribution >= 0.6 is 11.6 Å². The predicted octanol–water partition coefficient (Wildman–Crippen LogP) is 4.51. The molecule has 0 bridgehead atoms. The molecule has 7 heteroatoms. The van der Waals surface area contributed by atoms with E-state index in [2.05, 4.69) is 17.1 Å². The van der Waals surface area contributed by atoms with Crippen LogP contribution in [0.25, 0.3) is 0 Å². The third-order valence-electron chi connectivity index (χ3n) is 5.31. The Hall–Kier alpha value is -2.38. The number of aromatic nitrogens is 2. The summed E-state index contributed by atoms with van der Waals surface area (Å²) in [7, 11) is 1.67. The summed E-state index contributed by atoms with van der Waals surface area (Å²) < 4.78 is 25.7. The highest BCUT2D eigenvalue weighted by Crippen LogP contribution is 2.31. The number of rotatable bonds is 10.